The Labute approximate surface area is 174 Å². The Hall–Kier alpha value is -1.00. The van der Waals surface area contributed by atoms with E-state index < -0.39 is 0 Å². The molecule has 6 nitrogen and oxygen atoms in total. The number of thiophene rings is 1. The third-order valence-electron chi connectivity index (χ3n) is 4.69. The number of fused-ring (bicyclic) bond motifs is 1. The molecule has 0 saturated carbocycles. The third-order valence-corrected chi connectivity index (χ3v) is 7.70. The lowest BCUT2D eigenvalue weighted by molar-refractivity contribution is 0.0937. The normalized spacial score (nSPS) is 17.2. The van der Waals surface area contributed by atoms with E-state index in [0.29, 0.717) is 21.8 Å². The quantitative estimate of drug-likeness (QED) is 0.418. The molecule has 0 aliphatic carbocycles. The van der Waals surface area contributed by atoms with E-state index in [1.807, 2.05) is 0 Å². The van der Waals surface area contributed by atoms with Gasteiger partial charge in [-0.25, -0.2) is 4.98 Å². The SMILES string of the molecule is CCc1c(C)sc2nc(SCc3nnsc3Cl)n(C[C@@H]3CCCO3)c(=O)c12. The molecule has 0 N–H and O–H groups in total. The first-order valence-corrected chi connectivity index (χ1v) is 11.8. The molecule has 4 heterocycles. The van der Waals surface area contributed by atoms with Gasteiger partial charge in [-0.1, -0.05) is 34.8 Å². The van der Waals surface area contributed by atoms with Crippen molar-refractivity contribution in [2.24, 2.45) is 0 Å². The van der Waals surface area contributed by atoms with Crippen LogP contribution in [0.3, 0.4) is 0 Å². The summed E-state index contributed by atoms with van der Waals surface area (Å²) in [5, 5.41) is 5.51. The van der Waals surface area contributed by atoms with Gasteiger partial charge in [0, 0.05) is 28.8 Å². The summed E-state index contributed by atoms with van der Waals surface area (Å²) in [6.45, 7) is 5.43. The molecule has 1 aliphatic rings. The minimum atomic E-state index is 0.0294. The van der Waals surface area contributed by atoms with Crippen LogP contribution in [0.1, 0.15) is 35.9 Å². The molecule has 10 heteroatoms. The van der Waals surface area contributed by atoms with Crippen molar-refractivity contribution in [2.45, 2.75) is 56.7 Å². The van der Waals surface area contributed by atoms with Crippen molar-refractivity contribution < 1.29 is 4.74 Å². The lowest BCUT2D eigenvalue weighted by atomic mass is 10.1. The fourth-order valence-corrected chi connectivity index (χ4v) is 6.23. The topological polar surface area (TPSA) is 69.9 Å². The van der Waals surface area contributed by atoms with Gasteiger partial charge in [0.1, 0.15) is 14.9 Å². The zero-order chi connectivity index (χ0) is 19.0. The molecule has 0 aromatic carbocycles. The van der Waals surface area contributed by atoms with E-state index in [1.165, 1.54) is 23.3 Å². The van der Waals surface area contributed by atoms with Gasteiger partial charge in [-0.2, -0.15) is 0 Å². The Balaban J connectivity index is 1.77. The van der Waals surface area contributed by atoms with Crippen molar-refractivity contribution in [1.82, 2.24) is 19.1 Å². The summed E-state index contributed by atoms with van der Waals surface area (Å²) in [5.41, 5.74) is 1.86. The lowest BCUT2D eigenvalue weighted by Crippen LogP contribution is -2.29. The Kier molecular flexibility index (Phi) is 5.84. The van der Waals surface area contributed by atoms with Gasteiger partial charge in [-0.05, 0) is 31.7 Å². The Bertz CT molecular complexity index is 1020. The molecule has 3 aromatic rings. The number of hydrogen-bond donors (Lipinski definition) is 0. The average molecular weight is 443 g/mol. The third kappa shape index (κ3) is 3.80. The monoisotopic (exact) mass is 442 g/mol. The molecule has 1 fully saturated rings. The number of hydrogen-bond acceptors (Lipinski definition) is 8. The summed E-state index contributed by atoms with van der Waals surface area (Å²) in [4.78, 5) is 20.2. The van der Waals surface area contributed by atoms with Gasteiger partial charge in [-0.15, -0.1) is 16.4 Å². The van der Waals surface area contributed by atoms with Gasteiger partial charge in [0.15, 0.2) is 5.16 Å². The van der Waals surface area contributed by atoms with E-state index in [2.05, 4.69) is 23.4 Å². The number of aromatic nitrogens is 4. The molecule has 0 spiro atoms. The fourth-order valence-electron chi connectivity index (χ4n) is 3.34. The van der Waals surface area contributed by atoms with Crippen molar-refractivity contribution in [3.05, 3.63) is 30.8 Å². The van der Waals surface area contributed by atoms with Crippen LogP contribution >= 0.6 is 46.2 Å². The van der Waals surface area contributed by atoms with Crippen molar-refractivity contribution in [1.29, 1.82) is 0 Å². The van der Waals surface area contributed by atoms with E-state index in [-0.39, 0.29) is 11.7 Å². The summed E-state index contributed by atoms with van der Waals surface area (Å²) in [6, 6.07) is 0. The lowest BCUT2D eigenvalue weighted by Gasteiger charge is -2.15. The summed E-state index contributed by atoms with van der Waals surface area (Å²) in [5.74, 6) is 0.532. The van der Waals surface area contributed by atoms with Crippen LogP contribution in [0.4, 0.5) is 0 Å². The Morgan fingerprint density at radius 2 is 2.30 bits per heavy atom. The van der Waals surface area contributed by atoms with Crippen LogP contribution in [0.2, 0.25) is 4.34 Å². The van der Waals surface area contributed by atoms with Crippen LogP contribution in [0.25, 0.3) is 10.2 Å². The molecule has 0 amide bonds. The predicted molar refractivity (Wildman–Crippen MR) is 111 cm³/mol. The van der Waals surface area contributed by atoms with Crippen LogP contribution in [-0.4, -0.2) is 31.8 Å². The van der Waals surface area contributed by atoms with E-state index in [9.17, 15) is 4.79 Å². The van der Waals surface area contributed by atoms with Gasteiger partial charge in [0.2, 0.25) is 0 Å². The highest BCUT2D eigenvalue weighted by molar-refractivity contribution is 7.98. The number of nitrogens with zero attached hydrogens (tertiary/aromatic N) is 4. The molecule has 1 aliphatic heterocycles. The molecule has 1 saturated heterocycles. The highest BCUT2D eigenvalue weighted by Gasteiger charge is 2.23. The van der Waals surface area contributed by atoms with Crippen LogP contribution in [0.15, 0.2) is 9.95 Å². The number of rotatable bonds is 6. The molecule has 0 bridgehead atoms. The molecule has 3 aromatic heterocycles. The highest BCUT2D eigenvalue weighted by Crippen LogP contribution is 2.32. The molecule has 144 valence electrons. The van der Waals surface area contributed by atoms with Gasteiger partial charge >= 0.3 is 0 Å². The summed E-state index contributed by atoms with van der Waals surface area (Å²) < 4.78 is 12.0. The maximum Gasteiger partial charge on any atom is 0.263 e. The fraction of sp³-hybridized carbons (Fsp3) is 0.529. The zero-order valence-electron chi connectivity index (χ0n) is 15.0. The first kappa shape index (κ1) is 19.3. The van der Waals surface area contributed by atoms with E-state index in [1.54, 1.807) is 15.9 Å². The Morgan fingerprint density at radius 1 is 1.44 bits per heavy atom. The van der Waals surface area contributed by atoms with Crippen molar-refractivity contribution >= 4 is 56.4 Å². The van der Waals surface area contributed by atoms with Gasteiger partial charge < -0.3 is 4.74 Å². The maximum absolute atomic E-state index is 13.4. The average Bonchev–Trinajstić information content (AvgIpc) is 3.36. The van der Waals surface area contributed by atoms with E-state index in [0.717, 1.165) is 52.2 Å². The van der Waals surface area contributed by atoms with Gasteiger partial charge in [0.25, 0.3) is 5.56 Å². The predicted octanol–water partition coefficient (Wildman–Crippen LogP) is 4.31. The second kappa shape index (κ2) is 8.16. The molecule has 0 radical (unpaired) electrons. The second-order valence-corrected chi connectivity index (χ2v) is 9.90. The number of halogens is 1. The largest absolute Gasteiger partial charge is 0.376 e. The smallest absolute Gasteiger partial charge is 0.263 e. The number of thioether (sulfide) groups is 1. The van der Waals surface area contributed by atoms with Crippen molar-refractivity contribution in [3.8, 4) is 0 Å². The van der Waals surface area contributed by atoms with Gasteiger partial charge in [0.05, 0.1) is 18.0 Å². The first-order chi connectivity index (χ1) is 13.1. The zero-order valence-corrected chi connectivity index (χ0v) is 18.2. The molecular weight excluding hydrogens is 424 g/mol. The highest BCUT2D eigenvalue weighted by atomic mass is 35.5. The van der Waals surface area contributed by atoms with E-state index >= 15 is 0 Å². The van der Waals surface area contributed by atoms with Gasteiger partial charge in [-0.3, -0.25) is 9.36 Å². The molecule has 0 unspecified atom stereocenters. The standard InChI is InChI=1S/C17H19ClN4O2S3/c1-3-11-9(2)26-15-13(11)16(23)22(7-10-5-4-6-24-10)17(19-15)25-8-12-14(18)27-21-20-12/h10H,3-8H2,1-2H3/t10-/m0/s1. The minimum Gasteiger partial charge on any atom is -0.376 e. The molecule has 27 heavy (non-hydrogen) atoms. The first-order valence-electron chi connectivity index (χ1n) is 8.82. The van der Waals surface area contributed by atoms with Crippen molar-refractivity contribution in [3.63, 3.8) is 0 Å². The van der Waals surface area contributed by atoms with Crippen molar-refractivity contribution in [2.75, 3.05) is 6.61 Å². The molecular formula is C17H19ClN4O2S3. The maximum atomic E-state index is 13.4. The second-order valence-electron chi connectivity index (χ2n) is 6.40. The Morgan fingerprint density at radius 3 is 2.96 bits per heavy atom. The van der Waals surface area contributed by atoms with Crippen LogP contribution in [0.5, 0.6) is 0 Å². The van der Waals surface area contributed by atoms with Crippen LogP contribution in [0, 0.1) is 6.92 Å². The molecule has 1 atom stereocenters. The minimum absolute atomic E-state index is 0.0294. The summed E-state index contributed by atoms with van der Waals surface area (Å²) >= 11 is 10.4. The van der Waals surface area contributed by atoms with E-state index in [4.69, 9.17) is 21.3 Å². The van der Waals surface area contributed by atoms with Crippen LogP contribution < -0.4 is 5.56 Å². The number of aryl methyl sites for hydroxylation is 2. The summed E-state index contributed by atoms with van der Waals surface area (Å²) in [6.07, 6.45) is 2.90. The molecule has 4 rings (SSSR count). The van der Waals surface area contributed by atoms with Crippen LogP contribution in [-0.2, 0) is 23.5 Å². The summed E-state index contributed by atoms with van der Waals surface area (Å²) in [7, 11) is 0. The number of ether oxygens (including phenoxy) is 1.